The Hall–Kier alpha value is -0.490. The van der Waals surface area contributed by atoms with E-state index in [-0.39, 0.29) is 0 Å². The van der Waals surface area contributed by atoms with Gasteiger partial charge in [-0.25, -0.2) is 4.98 Å². The Morgan fingerprint density at radius 3 is 2.62 bits per heavy atom. The molecular formula is C16H28N4S. The normalized spacial score (nSPS) is 21.3. The van der Waals surface area contributed by atoms with Gasteiger partial charge in [0.15, 0.2) is 0 Å². The van der Waals surface area contributed by atoms with Crippen molar-refractivity contribution in [2.45, 2.75) is 45.8 Å². The second-order valence-corrected chi connectivity index (χ2v) is 7.80. The van der Waals surface area contributed by atoms with Gasteiger partial charge in [0.05, 0.1) is 5.69 Å². The lowest BCUT2D eigenvalue weighted by molar-refractivity contribution is 0.116. The minimum absolute atomic E-state index is 0.770. The lowest BCUT2D eigenvalue weighted by atomic mass is 10.2. The Kier molecular flexibility index (Phi) is 5.27. The second-order valence-electron chi connectivity index (χ2n) is 6.86. The summed E-state index contributed by atoms with van der Waals surface area (Å²) >= 11 is 1.81. The quantitative estimate of drug-likeness (QED) is 0.836. The van der Waals surface area contributed by atoms with E-state index in [1.54, 1.807) is 11.3 Å². The standard InChI is InChI=1S/C16H28N4S/c1-13(2)10-19-5-7-20(8-6-19)11-15-12-21-16(18-15)9-17-14-3-4-14/h12-14,17H,3-11H2,1-2H3. The van der Waals surface area contributed by atoms with E-state index in [1.807, 2.05) is 0 Å². The molecular weight excluding hydrogens is 280 g/mol. The van der Waals surface area contributed by atoms with E-state index in [4.69, 9.17) is 4.98 Å². The van der Waals surface area contributed by atoms with Gasteiger partial charge in [-0.2, -0.15) is 0 Å². The zero-order chi connectivity index (χ0) is 14.7. The topological polar surface area (TPSA) is 31.4 Å². The van der Waals surface area contributed by atoms with Gasteiger partial charge in [-0.05, 0) is 18.8 Å². The summed E-state index contributed by atoms with van der Waals surface area (Å²) in [4.78, 5) is 9.91. The molecule has 0 radical (unpaired) electrons. The zero-order valence-electron chi connectivity index (χ0n) is 13.3. The van der Waals surface area contributed by atoms with E-state index < -0.39 is 0 Å². The average molecular weight is 308 g/mol. The maximum Gasteiger partial charge on any atom is 0.107 e. The molecule has 3 rings (SSSR count). The molecule has 4 nitrogen and oxygen atoms in total. The lowest BCUT2D eigenvalue weighted by Crippen LogP contribution is -2.46. The van der Waals surface area contributed by atoms with Crippen molar-refractivity contribution in [1.29, 1.82) is 0 Å². The molecule has 1 N–H and O–H groups in total. The first-order valence-corrected chi connectivity index (χ1v) is 9.18. The van der Waals surface area contributed by atoms with E-state index in [9.17, 15) is 0 Å². The molecule has 21 heavy (non-hydrogen) atoms. The van der Waals surface area contributed by atoms with Crippen molar-refractivity contribution in [3.8, 4) is 0 Å². The third-order valence-corrected chi connectivity index (χ3v) is 5.09. The molecule has 1 aromatic rings. The van der Waals surface area contributed by atoms with Crippen LogP contribution in [0.25, 0.3) is 0 Å². The summed E-state index contributed by atoms with van der Waals surface area (Å²) in [5, 5.41) is 7.03. The molecule has 1 aliphatic carbocycles. The average Bonchev–Trinajstić information content (AvgIpc) is 3.18. The van der Waals surface area contributed by atoms with Crippen LogP contribution in [0.2, 0.25) is 0 Å². The van der Waals surface area contributed by atoms with Crippen LogP contribution in [0.1, 0.15) is 37.4 Å². The molecule has 0 atom stereocenters. The van der Waals surface area contributed by atoms with Crippen LogP contribution in [-0.2, 0) is 13.1 Å². The van der Waals surface area contributed by atoms with Crippen molar-refractivity contribution in [3.05, 3.63) is 16.1 Å². The molecule has 2 aliphatic rings. The molecule has 1 aromatic heterocycles. The van der Waals surface area contributed by atoms with Crippen LogP contribution in [-0.4, -0.2) is 53.5 Å². The molecule has 118 valence electrons. The molecule has 0 amide bonds. The summed E-state index contributed by atoms with van der Waals surface area (Å²) in [6, 6.07) is 0.770. The Bertz CT molecular complexity index is 433. The van der Waals surface area contributed by atoms with E-state index >= 15 is 0 Å². The van der Waals surface area contributed by atoms with E-state index in [1.165, 1.54) is 56.3 Å². The van der Waals surface area contributed by atoms with Gasteiger partial charge >= 0.3 is 0 Å². The lowest BCUT2D eigenvalue weighted by Gasteiger charge is -2.35. The number of nitrogens with zero attached hydrogens (tertiary/aromatic N) is 3. The fourth-order valence-corrected chi connectivity index (χ4v) is 3.63. The molecule has 0 aromatic carbocycles. The van der Waals surface area contributed by atoms with Gasteiger partial charge in [0.25, 0.3) is 0 Å². The molecule has 5 heteroatoms. The third-order valence-electron chi connectivity index (χ3n) is 4.19. The molecule has 0 bridgehead atoms. The smallest absolute Gasteiger partial charge is 0.107 e. The van der Waals surface area contributed by atoms with Crippen molar-refractivity contribution < 1.29 is 0 Å². The molecule has 2 heterocycles. The van der Waals surface area contributed by atoms with Crippen LogP contribution in [0.4, 0.5) is 0 Å². The van der Waals surface area contributed by atoms with Crippen LogP contribution < -0.4 is 5.32 Å². The highest BCUT2D eigenvalue weighted by Crippen LogP contribution is 2.20. The molecule has 2 fully saturated rings. The molecule has 0 spiro atoms. The van der Waals surface area contributed by atoms with Crippen molar-refractivity contribution in [3.63, 3.8) is 0 Å². The molecule has 1 aliphatic heterocycles. The highest BCUT2D eigenvalue weighted by atomic mass is 32.1. The summed E-state index contributed by atoms with van der Waals surface area (Å²) in [6.07, 6.45) is 2.69. The molecule has 1 saturated carbocycles. The summed E-state index contributed by atoms with van der Waals surface area (Å²) in [6.45, 7) is 12.6. The van der Waals surface area contributed by atoms with E-state index in [2.05, 4.69) is 34.3 Å². The van der Waals surface area contributed by atoms with Crippen molar-refractivity contribution in [2.75, 3.05) is 32.7 Å². The highest BCUT2D eigenvalue weighted by molar-refractivity contribution is 7.09. The van der Waals surface area contributed by atoms with Crippen LogP contribution in [0.15, 0.2) is 5.38 Å². The van der Waals surface area contributed by atoms with Gasteiger partial charge < -0.3 is 10.2 Å². The Labute approximate surface area is 132 Å². The minimum Gasteiger partial charge on any atom is -0.308 e. The SMILES string of the molecule is CC(C)CN1CCN(Cc2csc(CNC3CC3)n2)CC1. The van der Waals surface area contributed by atoms with E-state index in [0.29, 0.717) is 0 Å². The second kappa shape index (κ2) is 7.18. The van der Waals surface area contributed by atoms with E-state index in [0.717, 1.165) is 25.0 Å². The fraction of sp³-hybridized carbons (Fsp3) is 0.812. The highest BCUT2D eigenvalue weighted by Gasteiger charge is 2.21. The Morgan fingerprint density at radius 2 is 1.95 bits per heavy atom. The van der Waals surface area contributed by atoms with Crippen molar-refractivity contribution >= 4 is 11.3 Å². The minimum atomic E-state index is 0.770. The predicted octanol–water partition coefficient (Wildman–Crippen LogP) is 2.17. The van der Waals surface area contributed by atoms with Crippen LogP contribution in [0, 0.1) is 5.92 Å². The predicted molar refractivity (Wildman–Crippen MR) is 88.5 cm³/mol. The number of aromatic nitrogens is 1. The molecule has 1 saturated heterocycles. The Balaban J connectivity index is 1.40. The van der Waals surface area contributed by atoms with Crippen LogP contribution in [0.5, 0.6) is 0 Å². The first-order valence-electron chi connectivity index (χ1n) is 8.30. The van der Waals surface area contributed by atoms with Gasteiger partial charge in [0, 0.05) is 57.2 Å². The van der Waals surface area contributed by atoms with Gasteiger partial charge in [0.1, 0.15) is 5.01 Å². The maximum absolute atomic E-state index is 4.77. The fourth-order valence-electron chi connectivity index (χ4n) is 2.90. The van der Waals surface area contributed by atoms with Crippen LogP contribution >= 0.6 is 11.3 Å². The Morgan fingerprint density at radius 1 is 1.24 bits per heavy atom. The van der Waals surface area contributed by atoms with Crippen molar-refractivity contribution in [2.24, 2.45) is 5.92 Å². The summed E-state index contributed by atoms with van der Waals surface area (Å²) in [7, 11) is 0. The van der Waals surface area contributed by atoms with Gasteiger partial charge in [-0.15, -0.1) is 11.3 Å². The largest absolute Gasteiger partial charge is 0.308 e. The monoisotopic (exact) mass is 308 g/mol. The van der Waals surface area contributed by atoms with Gasteiger partial charge in [-0.3, -0.25) is 4.90 Å². The number of piperazine rings is 1. The van der Waals surface area contributed by atoms with Crippen molar-refractivity contribution in [1.82, 2.24) is 20.1 Å². The number of rotatable bonds is 7. The first-order chi connectivity index (χ1) is 10.2. The maximum atomic E-state index is 4.77. The summed E-state index contributed by atoms with van der Waals surface area (Å²) in [5.74, 6) is 0.775. The molecule has 0 unspecified atom stereocenters. The van der Waals surface area contributed by atoms with Gasteiger partial charge in [-0.1, -0.05) is 13.8 Å². The number of nitrogens with one attached hydrogen (secondary N) is 1. The zero-order valence-corrected chi connectivity index (χ0v) is 14.2. The van der Waals surface area contributed by atoms with Gasteiger partial charge in [0.2, 0.25) is 0 Å². The number of hydrogen-bond acceptors (Lipinski definition) is 5. The van der Waals surface area contributed by atoms with Crippen LogP contribution in [0.3, 0.4) is 0 Å². The summed E-state index contributed by atoms with van der Waals surface area (Å²) < 4.78 is 0. The first kappa shape index (κ1) is 15.4. The number of thiazole rings is 1. The summed E-state index contributed by atoms with van der Waals surface area (Å²) in [5.41, 5.74) is 1.25. The number of hydrogen-bond donors (Lipinski definition) is 1. The third kappa shape index (κ3) is 5.02.